The Kier molecular flexibility index (Phi) is 4.75. The highest BCUT2D eigenvalue weighted by atomic mass is 32.2. The molecule has 3 aromatic rings. The first-order valence-electron chi connectivity index (χ1n) is 7.62. The van der Waals surface area contributed by atoms with E-state index in [4.69, 9.17) is 0 Å². The van der Waals surface area contributed by atoms with E-state index in [2.05, 4.69) is 9.97 Å². The molecule has 1 unspecified atom stereocenters. The van der Waals surface area contributed by atoms with Gasteiger partial charge in [0.05, 0.1) is 0 Å². The fourth-order valence-electron chi connectivity index (χ4n) is 2.60. The molecule has 2 heterocycles. The summed E-state index contributed by atoms with van der Waals surface area (Å²) in [4.78, 5) is 9.57. The monoisotopic (exact) mass is 367 g/mol. The number of fused-ring (bicyclic) bond motifs is 1. The normalized spacial score (nSPS) is 13.4. The van der Waals surface area contributed by atoms with E-state index in [-0.39, 0.29) is 5.56 Å². The molecule has 1 aromatic carbocycles. The summed E-state index contributed by atoms with van der Waals surface area (Å²) < 4.78 is 39.9. The van der Waals surface area contributed by atoms with Gasteiger partial charge in [-0.2, -0.15) is 13.2 Å². The number of alkyl halides is 3. The number of aromatic nitrogens is 3. The standard InChI is InChI=1S/C17H16F3N3OS/c1-3-25-13-7-5-4-6-11(13)15-22-12-8-10(14(24)17(18,19)20)9-21-16(12)23(15)2/h4-9,14,24H,3H2,1-2H3. The fraction of sp³-hybridized carbons (Fsp3) is 0.294. The largest absolute Gasteiger partial charge is 0.418 e. The molecule has 0 saturated heterocycles. The number of thioether (sulfide) groups is 1. The van der Waals surface area contributed by atoms with Crippen LogP contribution in [0.3, 0.4) is 0 Å². The number of rotatable bonds is 4. The van der Waals surface area contributed by atoms with Gasteiger partial charge in [0.2, 0.25) is 0 Å². The molecule has 0 saturated carbocycles. The van der Waals surface area contributed by atoms with Crippen LogP contribution in [0, 0.1) is 0 Å². The molecule has 0 aliphatic carbocycles. The Morgan fingerprint density at radius 3 is 2.68 bits per heavy atom. The Hall–Kier alpha value is -2.06. The lowest BCUT2D eigenvalue weighted by Crippen LogP contribution is -2.20. The zero-order chi connectivity index (χ0) is 18.2. The van der Waals surface area contributed by atoms with Gasteiger partial charge in [-0.3, -0.25) is 0 Å². The lowest BCUT2D eigenvalue weighted by atomic mass is 10.1. The van der Waals surface area contributed by atoms with Crippen LogP contribution in [-0.4, -0.2) is 31.6 Å². The number of imidazole rings is 1. The SMILES string of the molecule is CCSc1ccccc1-c1nc2cc(C(O)C(F)(F)F)cnc2n1C. The molecule has 1 N–H and O–H groups in total. The van der Waals surface area contributed by atoms with E-state index in [1.54, 1.807) is 23.4 Å². The van der Waals surface area contributed by atoms with Crippen molar-refractivity contribution in [2.24, 2.45) is 7.05 Å². The van der Waals surface area contributed by atoms with E-state index >= 15 is 0 Å². The summed E-state index contributed by atoms with van der Waals surface area (Å²) in [6.07, 6.45) is -6.27. The minimum Gasteiger partial charge on any atom is -0.379 e. The van der Waals surface area contributed by atoms with Gasteiger partial charge < -0.3 is 9.67 Å². The molecular weight excluding hydrogens is 351 g/mol. The Bertz CT molecular complexity index is 908. The van der Waals surface area contributed by atoms with Gasteiger partial charge in [-0.05, 0) is 17.9 Å². The van der Waals surface area contributed by atoms with Crippen molar-refractivity contribution in [3.05, 3.63) is 42.1 Å². The number of nitrogens with zero attached hydrogens (tertiary/aromatic N) is 3. The molecule has 0 amide bonds. The Labute approximate surface area is 146 Å². The Morgan fingerprint density at radius 2 is 2.00 bits per heavy atom. The third-order valence-electron chi connectivity index (χ3n) is 3.78. The van der Waals surface area contributed by atoms with E-state index in [1.165, 1.54) is 6.07 Å². The maximum absolute atomic E-state index is 12.7. The fourth-order valence-corrected chi connectivity index (χ4v) is 3.40. The molecule has 1 atom stereocenters. The molecule has 3 rings (SSSR count). The van der Waals surface area contributed by atoms with Gasteiger partial charge in [-0.15, -0.1) is 11.8 Å². The Balaban J connectivity index is 2.12. The van der Waals surface area contributed by atoms with E-state index < -0.39 is 12.3 Å². The summed E-state index contributed by atoms with van der Waals surface area (Å²) >= 11 is 1.66. The average molecular weight is 367 g/mol. The minimum atomic E-state index is -4.74. The lowest BCUT2D eigenvalue weighted by molar-refractivity contribution is -0.206. The van der Waals surface area contributed by atoms with E-state index in [1.807, 2.05) is 31.2 Å². The van der Waals surface area contributed by atoms with Crippen molar-refractivity contribution < 1.29 is 18.3 Å². The molecular formula is C17H16F3N3OS. The first-order valence-corrected chi connectivity index (χ1v) is 8.60. The summed E-state index contributed by atoms with van der Waals surface area (Å²) in [6, 6.07) is 8.96. The third kappa shape index (κ3) is 3.36. The summed E-state index contributed by atoms with van der Waals surface area (Å²) in [7, 11) is 1.77. The van der Waals surface area contributed by atoms with Crippen molar-refractivity contribution in [2.75, 3.05) is 5.75 Å². The van der Waals surface area contributed by atoms with Crippen LogP contribution < -0.4 is 0 Å². The number of hydrogen-bond acceptors (Lipinski definition) is 4. The molecule has 0 bridgehead atoms. The average Bonchev–Trinajstić information content (AvgIpc) is 2.90. The number of pyridine rings is 1. The van der Waals surface area contributed by atoms with Crippen molar-refractivity contribution in [1.29, 1.82) is 0 Å². The van der Waals surface area contributed by atoms with Gasteiger partial charge in [0.1, 0.15) is 11.3 Å². The van der Waals surface area contributed by atoms with Crippen LogP contribution in [-0.2, 0) is 7.05 Å². The number of hydrogen-bond donors (Lipinski definition) is 1. The van der Waals surface area contributed by atoms with Crippen molar-refractivity contribution >= 4 is 22.9 Å². The lowest BCUT2D eigenvalue weighted by Gasteiger charge is -2.14. The van der Waals surface area contributed by atoms with Gasteiger partial charge >= 0.3 is 6.18 Å². The second kappa shape index (κ2) is 6.68. The molecule has 0 radical (unpaired) electrons. The summed E-state index contributed by atoms with van der Waals surface area (Å²) in [6.45, 7) is 2.04. The van der Waals surface area contributed by atoms with Gasteiger partial charge in [0.25, 0.3) is 0 Å². The van der Waals surface area contributed by atoms with Gasteiger partial charge in [-0.1, -0.05) is 25.1 Å². The second-order valence-corrected chi connectivity index (χ2v) is 6.78. The zero-order valence-electron chi connectivity index (χ0n) is 13.6. The van der Waals surface area contributed by atoms with Crippen LogP contribution in [0.2, 0.25) is 0 Å². The maximum atomic E-state index is 12.7. The third-order valence-corrected chi connectivity index (χ3v) is 4.74. The molecule has 2 aromatic heterocycles. The highest BCUT2D eigenvalue weighted by Gasteiger charge is 2.39. The van der Waals surface area contributed by atoms with Gasteiger partial charge in [0, 0.05) is 29.3 Å². The Morgan fingerprint density at radius 1 is 1.28 bits per heavy atom. The summed E-state index contributed by atoms with van der Waals surface area (Å²) in [5.41, 5.74) is 1.35. The number of benzene rings is 1. The van der Waals surface area contributed by atoms with Crippen molar-refractivity contribution in [1.82, 2.24) is 14.5 Å². The van der Waals surface area contributed by atoms with Crippen LogP contribution >= 0.6 is 11.8 Å². The van der Waals surface area contributed by atoms with E-state index in [9.17, 15) is 18.3 Å². The molecule has 0 spiro atoms. The predicted molar refractivity (Wildman–Crippen MR) is 91.4 cm³/mol. The first-order chi connectivity index (χ1) is 11.8. The predicted octanol–water partition coefficient (Wildman–Crippen LogP) is 4.34. The van der Waals surface area contributed by atoms with Crippen LogP contribution in [0.15, 0.2) is 41.4 Å². The minimum absolute atomic E-state index is 0.314. The zero-order valence-corrected chi connectivity index (χ0v) is 14.4. The molecule has 0 aliphatic rings. The molecule has 0 fully saturated rings. The van der Waals surface area contributed by atoms with Crippen molar-refractivity contribution in [2.45, 2.75) is 24.1 Å². The molecule has 0 aliphatic heterocycles. The van der Waals surface area contributed by atoms with Gasteiger partial charge in [-0.25, -0.2) is 9.97 Å². The van der Waals surface area contributed by atoms with E-state index in [0.29, 0.717) is 17.0 Å². The highest BCUT2D eigenvalue weighted by molar-refractivity contribution is 7.99. The summed E-state index contributed by atoms with van der Waals surface area (Å²) in [5, 5.41) is 9.42. The second-order valence-electron chi connectivity index (χ2n) is 5.48. The van der Waals surface area contributed by atoms with Crippen molar-refractivity contribution in [3.8, 4) is 11.4 Å². The number of aryl methyl sites for hydroxylation is 1. The first kappa shape index (κ1) is 17.8. The van der Waals surface area contributed by atoms with Crippen molar-refractivity contribution in [3.63, 3.8) is 0 Å². The number of aliphatic hydroxyl groups excluding tert-OH is 1. The maximum Gasteiger partial charge on any atom is 0.418 e. The number of aliphatic hydroxyl groups is 1. The molecule has 132 valence electrons. The molecule has 8 heteroatoms. The van der Waals surface area contributed by atoms with Crippen LogP contribution in [0.1, 0.15) is 18.6 Å². The number of halogens is 3. The molecule has 25 heavy (non-hydrogen) atoms. The van der Waals surface area contributed by atoms with Gasteiger partial charge in [0.15, 0.2) is 11.8 Å². The molecule has 4 nitrogen and oxygen atoms in total. The topological polar surface area (TPSA) is 50.9 Å². The summed E-state index contributed by atoms with van der Waals surface area (Å²) in [5.74, 6) is 1.51. The van der Waals surface area contributed by atoms with E-state index in [0.717, 1.165) is 22.4 Å². The van der Waals surface area contributed by atoms with Crippen LogP contribution in [0.4, 0.5) is 13.2 Å². The van der Waals surface area contributed by atoms with Crippen LogP contribution in [0.5, 0.6) is 0 Å². The van der Waals surface area contributed by atoms with Crippen LogP contribution in [0.25, 0.3) is 22.6 Å². The quantitative estimate of drug-likeness (QED) is 0.697. The highest BCUT2D eigenvalue weighted by Crippen LogP contribution is 2.35. The smallest absolute Gasteiger partial charge is 0.379 e.